The van der Waals surface area contributed by atoms with Gasteiger partial charge in [-0.1, -0.05) is 0 Å². The Balaban J connectivity index is 1.61. The molecule has 1 aliphatic heterocycles. The predicted molar refractivity (Wildman–Crippen MR) is 67.6 cm³/mol. The molecule has 0 spiro atoms. The Labute approximate surface area is 106 Å². The molecule has 1 atom stereocenters. The van der Waals surface area contributed by atoms with Gasteiger partial charge in [0.15, 0.2) is 4.77 Å². The average Bonchev–Trinajstić information content (AvgIpc) is 3.24. The second kappa shape index (κ2) is 3.65. The van der Waals surface area contributed by atoms with Gasteiger partial charge in [-0.05, 0) is 44.3 Å². The molecule has 1 saturated heterocycles. The Kier molecular flexibility index (Phi) is 2.21. The maximum absolute atomic E-state index is 5.40. The molecule has 1 unspecified atom stereocenters. The van der Waals surface area contributed by atoms with Crippen LogP contribution in [0.3, 0.4) is 0 Å². The van der Waals surface area contributed by atoms with Crippen molar-refractivity contribution in [2.45, 2.75) is 50.1 Å². The zero-order valence-electron chi connectivity index (χ0n) is 9.93. The van der Waals surface area contributed by atoms with E-state index in [1.165, 1.54) is 51.0 Å². The minimum Gasteiger partial charge on any atom is -0.299 e. The lowest BCUT2D eigenvalue weighted by Gasteiger charge is -2.16. The molecule has 5 heteroatoms. The van der Waals surface area contributed by atoms with Crippen LogP contribution in [0.15, 0.2) is 0 Å². The van der Waals surface area contributed by atoms with Crippen molar-refractivity contribution in [2.75, 3.05) is 13.1 Å². The van der Waals surface area contributed by atoms with Crippen molar-refractivity contribution >= 4 is 12.2 Å². The van der Waals surface area contributed by atoms with Crippen LogP contribution in [0.25, 0.3) is 0 Å². The predicted octanol–water partition coefficient (Wildman–Crippen LogP) is 2.23. The summed E-state index contributed by atoms with van der Waals surface area (Å²) < 4.78 is 3.14. The van der Waals surface area contributed by atoms with E-state index >= 15 is 0 Å². The number of nitrogens with zero attached hydrogens (tertiary/aromatic N) is 3. The van der Waals surface area contributed by atoms with E-state index in [0.29, 0.717) is 12.0 Å². The van der Waals surface area contributed by atoms with E-state index in [-0.39, 0.29) is 0 Å². The zero-order chi connectivity index (χ0) is 11.4. The van der Waals surface area contributed by atoms with Crippen molar-refractivity contribution in [3.63, 3.8) is 0 Å². The van der Waals surface area contributed by atoms with Crippen molar-refractivity contribution in [3.05, 3.63) is 10.6 Å². The van der Waals surface area contributed by atoms with Gasteiger partial charge in [0.2, 0.25) is 0 Å². The molecule has 1 aromatic heterocycles. The quantitative estimate of drug-likeness (QED) is 0.836. The summed E-state index contributed by atoms with van der Waals surface area (Å²) in [6.45, 7) is 2.42. The minimum atomic E-state index is 0.567. The molecule has 0 aromatic carbocycles. The van der Waals surface area contributed by atoms with Crippen LogP contribution < -0.4 is 0 Å². The molecule has 1 aromatic rings. The molecule has 2 saturated carbocycles. The molecular weight excluding hydrogens is 232 g/mol. The molecule has 3 fully saturated rings. The van der Waals surface area contributed by atoms with Crippen LogP contribution in [-0.2, 0) is 0 Å². The average molecular weight is 250 g/mol. The fourth-order valence-electron chi connectivity index (χ4n) is 3.05. The second-order valence-corrected chi connectivity index (χ2v) is 6.09. The van der Waals surface area contributed by atoms with E-state index in [0.717, 1.165) is 10.8 Å². The van der Waals surface area contributed by atoms with Gasteiger partial charge in [-0.25, -0.2) is 0 Å². The molecule has 92 valence electrons. The summed E-state index contributed by atoms with van der Waals surface area (Å²) in [5.74, 6) is 1.90. The van der Waals surface area contributed by atoms with E-state index in [4.69, 9.17) is 12.2 Å². The van der Waals surface area contributed by atoms with Crippen molar-refractivity contribution in [1.82, 2.24) is 19.7 Å². The lowest BCUT2D eigenvalue weighted by atomic mass is 10.2. The fourth-order valence-corrected chi connectivity index (χ4v) is 3.34. The Morgan fingerprint density at radius 1 is 1.12 bits per heavy atom. The number of H-pyrrole nitrogens is 1. The Hall–Kier alpha value is -0.680. The van der Waals surface area contributed by atoms with E-state index < -0.39 is 0 Å². The molecule has 0 bridgehead atoms. The van der Waals surface area contributed by atoms with Crippen molar-refractivity contribution < 1.29 is 0 Å². The van der Waals surface area contributed by atoms with Crippen LogP contribution in [0.1, 0.15) is 49.9 Å². The van der Waals surface area contributed by atoms with Crippen LogP contribution in [0.5, 0.6) is 0 Å². The summed E-state index contributed by atoms with van der Waals surface area (Å²) >= 11 is 5.40. The third-order valence-corrected chi connectivity index (χ3v) is 4.59. The highest BCUT2D eigenvalue weighted by Gasteiger charge is 2.37. The van der Waals surface area contributed by atoms with Gasteiger partial charge >= 0.3 is 0 Å². The number of hydrogen-bond acceptors (Lipinski definition) is 3. The highest BCUT2D eigenvalue weighted by molar-refractivity contribution is 7.71. The van der Waals surface area contributed by atoms with Gasteiger partial charge in [0, 0.05) is 25.0 Å². The first kappa shape index (κ1) is 10.3. The molecule has 3 aliphatic rings. The smallest absolute Gasteiger partial charge is 0.195 e. The molecular formula is C12H18N4S. The van der Waals surface area contributed by atoms with Crippen LogP contribution in [0, 0.1) is 4.77 Å². The Morgan fingerprint density at radius 3 is 2.65 bits per heavy atom. The van der Waals surface area contributed by atoms with Crippen molar-refractivity contribution in [2.24, 2.45) is 0 Å². The number of hydrogen-bond donors (Lipinski definition) is 1. The summed E-state index contributed by atoms with van der Waals surface area (Å²) in [4.78, 5) is 2.64. The lowest BCUT2D eigenvalue weighted by Crippen LogP contribution is -2.24. The summed E-state index contributed by atoms with van der Waals surface area (Å²) in [7, 11) is 0. The zero-order valence-corrected chi connectivity index (χ0v) is 10.7. The largest absolute Gasteiger partial charge is 0.299 e. The number of nitrogens with one attached hydrogen (secondary N) is 1. The topological polar surface area (TPSA) is 36.9 Å². The van der Waals surface area contributed by atoms with E-state index in [1.54, 1.807) is 0 Å². The number of likely N-dealkylation sites (tertiary alicyclic amines) is 1. The van der Waals surface area contributed by atoms with Gasteiger partial charge < -0.3 is 0 Å². The van der Waals surface area contributed by atoms with Gasteiger partial charge in [0.05, 0.1) is 6.04 Å². The number of aromatic amines is 1. The maximum atomic E-state index is 5.40. The molecule has 0 amide bonds. The highest BCUT2D eigenvalue weighted by Crippen LogP contribution is 2.41. The van der Waals surface area contributed by atoms with E-state index in [9.17, 15) is 0 Å². The SMILES string of the molecule is S=c1[nH]nc(C2CC2)n1C1CCN(C2CC2)C1. The standard InChI is InChI=1S/C12H18N4S/c17-12-14-13-11(8-1-2-8)16(12)10-5-6-15(7-10)9-3-4-9/h8-10H,1-7H2,(H,14,17). The summed E-state index contributed by atoms with van der Waals surface area (Å²) in [6.07, 6.45) is 6.62. The first-order chi connectivity index (χ1) is 8.33. The summed E-state index contributed by atoms with van der Waals surface area (Å²) in [5.41, 5.74) is 0. The molecule has 1 N–H and O–H groups in total. The third-order valence-electron chi connectivity index (χ3n) is 4.30. The molecule has 2 aliphatic carbocycles. The maximum Gasteiger partial charge on any atom is 0.195 e. The normalized spacial score (nSPS) is 30.0. The molecule has 0 radical (unpaired) electrons. The number of aromatic nitrogens is 3. The lowest BCUT2D eigenvalue weighted by molar-refractivity contribution is 0.312. The minimum absolute atomic E-state index is 0.567. The summed E-state index contributed by atoms with van der Waals surface area (Å²) in [5, 5.41) is 7.43. The second-order valence-electron chi connectivity index (χ2n) is 5.70. The first-order valence-electron chi connectivity index (χ1n) is 6.74. The van der Waals surface area contributed by atoms with Gasteiger partial charge in [-0.15, -0.1) is 0 Å². The first-order valence-corrected chi connectivity index (χ1v) is 7.14. The van der Waals surface area contributed by atoms with Gasteiger partial charge in [0.25, 0.3) is 0 Å². The van der Waals surface area contributed by atoms with Crippen molar-refractivity contribution in [1.29, 1.82) is 0 Å². The monoisotopic (exact) mass is 250 g/mol. The number of rotatable bonds is 3. The summed E-state index contributed by atoms with van der Waals surface area (Å²) in [6, 6.07) is 1.45. The van der Waals surface area contributed by atoms with Gasteiger partial charge in [-0.2, -0.15) is 5.10 Å². The Bertz CT molecular complexity index is 483. The van der Waals surface area contributed by atoms with Crippen LogP contribution in [0.2, 0.25) is 0 Å². The molecule has 2 heterocycles. The molecule has 4 rings (SSSR count). The van der Waals surface area contributed by atoms with E-state index in [1.807, 2.05) is 0 Å². The Morgan fingerprint density at radius 2 is 1.94 bits per heavy atom. The highest BCUT2D eigenvalue weighted by atomic mass is 32.1. The van der Waals surface area contributed by atoms with Crippen LogP contribution >= 0.6 is 12.2 Å². The van der Waals surface area contributed by atoms with Gasteiger partial charge in [-0.3, -0.25) is 14.6 Å². The van der Waals surface area contributed by atoms with Gasteiger partial charge in [0.1, 0.15) is 5.82 Å². The van der Waals surface area contributed by atoms with Crippen LogP contribution in [0.4, 0.5) is 0 Å². The third kappa shape index (κ3) is 1.76. The van der Waals surface area contributed by atoms with Crippen LogP contribution in [-0.4, -0.2) is 38.8 Å². The van der Waals surface area contributed by atoms with E-state index in [2.05, 4.69) is 19.7 Å². The van der Waals surface area contributed by atoms with Crippen molar-refractivity contribution in [3.8, 4) is 0 Å². The molecule has 17 heavy (non-hydrogen) atoms. The molecule has 4 nitrogen and oxygen atoms in total. The fraction of sp³-hybridized carbons (Fsp3) is 0.833.